The van der Waals surface area contributed by atoms with E-state index in [1.807, 2.05) is 13.8 Å². The molecule has 0 aliphatic heterocycles. The third kappa shape index (κ3) is 8.65. The minimum atomic E-state index is -1.23. The predicted octanol–water partition coefficient (Wildman–Crippen LogP) is 1.63. The van der Waals surface area contributed by atoms with E-state index in [1.54, 1.807) is 0 Å². The van der Waals surface area contributed by atoms with Crippen LogP contribution in [0.1, 0.15) is 73.3 Å². The van der Waals surface area contributed by atoms with Crippen molar-refractivity contribution in [3.8, 4) is 5.69 Å². The van der Waals surface area contributed by atoms with Crippen molar-refractivity contribution in [3.63, 3.8) is 0 Å². The summed E-state index contributed by atoms with van der Waals surface area (Å²) in [5, 5.41) is 33.8. The quantitative estimate of drug-likeness (QED) is 0.279. The van der Waals surface area contributed by atoms with Crippen molar-refractivity contribution in [3.05, 3.63) is 81.9 Å². The number of hydrogen-bond acceptors (Lipinski definition) is 5. The fourth-order valence-electron chi connectivity index (χ4n) is 4.60. The Bertz CT molecular complexity index is 1370. The molecule has 0 aliphatic rings. The first kappa shape index (κ1) is 34.5. The smallest absolute Gasteiger partial charge is 1.00 e. The molecule has 3 aromatic rings. The number of hydrogen-bond donors (Lipinski definition) is 3. The number of carbonyl (C=O) groups is 2. The maximum absolute atomic E-state index is 14.5. The molecule has 0 bridgehead atoms. The Hall–Kier alpha value is -2.70. The van der Waals surface area contributed by atoms with Crippen LogP contribution in [0.4, 0.5) is 13.2 Å². The molecular formula is C29H35F3N3NaO5. The molecule has 0 saturated carbocycles. The van der Waals surface area contributed by atoms with Crippen LogP contribution in [0, 0.1) is 24.4 Å². The third-order valence-corrected chi connectivity index (χ3v) is 6.65. The van der Waals surface area contributed by atoms with Crippen LogP contribution >= 0.6 is 0 Å². The number of carboxylic acids is 1. The van der Waals surface area contributed by atoms with Crippen molar-refractivity contribution in [2.24, 2.45) is 0 Å². The minimum absolute atomic E-state index is 0. The molecule has 0 radical (unpaired) electrons. The van der Waals surface area contributed by atoms with E-state index in [2.05, 4.69) is 5.10 Å². The second-order valence-electron chi connectivity index (χ2n) is 10.3. The van der Waals surface area contributed by atoms with Gasteiger partial charge in [-0.1, -0.05) is 26.0 Å². The minimum Gasteiger partial charge on any atom is -1.00 e. The van der Waals surface area contributed by atoms with E-state index >= 15 is 0 Å². The van der Waals surface area contributed by atoms with Gasteiger partial charge >= 0.3 is 35.5 Å². The number of benzene rings is 2. The summed E-state index contributed by atoms with van der Waals surface area (Å²) < 4.78 is 43.8. The topological polar surface area (TPSA) is 116 Å². The number of aliphatic hydroxyl groups excluding tert-OH is 2. The zero-order chi connectivity index (χ0) is 29.7. The van der Waals surface area contributed by atoms with Crippen molar-refractivity contribution in [2.75, 3.05) is 7.05 Å². The van der Waals surface area contributed by atoms with Gasteiger partial charge in [-0.15, -0.1) is 0 Å². The predicted molar refractivity (Wildman–Crippen MR) is 143 cm³/mol. The van der Waals surface area contributed by atoms with Gasteiger partial charge in [0, 0.05) is 30.4 Å². The molecule has 2 atom stereocenters. The number of aromatic nitrogens is 2. The summed E-state index contributed by atoms with van der Waals surface area (Å²) in [7, 11) is 1.45. The number of halogens is 3. The first-order valence-electron chi connectivity index (χ1n) is 12.9. The SMILES string of the molecule is Cc1ccc(CN(C)C(=O)c2nn(-c3ccc(F)cc3)c(CCC(O)CC(O)CC(=O)O)c2C(C)C)c(F)c1F.[H-].[Na+]. The van der Waals surface area contributed by atoms with Gasteiger partial charge in [-0.2, -0.15) is 5.10 Å². The molecule has 2 aromatic carbocycles. The third-order valence-electron chi connectivity index (χ3n) is 6.65. The van der Waals surface area contributed by atoms with Crippen molar-refractivity contribution in [1.82, 2.24) is 14.7 Å². The van der Waals surface area contributed by atoms with Crippen LogP contribution in [-0.2, 0) is 17.8 Å². The van der Waals surface area contributed by atoms with Crippen molar-refractivity contribution < 1.29 is 69.1 Å². The molecule has 0 spiro atoms. The Morgan fingerprint density at radius 1 is 1.02 bits per heavy atom. The van der Waals surface area contributed by atoms with Crippen LogP contribution in [0.3, 0.4) is 0 Å². The van der Waals surface area contributed by atoms with E-state index < -0.39 is 48.0 Å². The second-order valence-corrected chi connectivity index (χ2v) is 10.3. The number of amides is 1. The number of aliphatic hydroxyl groups is 2. The van der Waals surface area contributed by atoms with E-state index in [0.29, 0.717) is 16.9 Å². The van der Waals surface area contributed by atoms with Gasteiger partial charge in [0.05, 0.1) is 24.3 Å². The Kier molecular flexibility index (Phi) is 12.6. The summed E-state index contributed by atoms with van der Waals surface area (Å²) in [4.78, 5) is 25.7. The van der Waals surface area contributed by atoms with Crippen LogP contribution in [0.25, 0.3) is 5.69 Å². The molecule has 0 aliphatic carbocycles. The van der Waals surface area contributed by atoms with Gasteiger partial charge in [-0.05, 0) is 61.9 Å². The molecule has 3 rings (SSSR count). The Balaban J connectivity index is 0.00000441. The molecule has 2 unspecified atom stereocenters. The van der Waals surface area contributed by atoms with Crippen LogP contribution in [0.2, 0.25) is 0 Å². The van der Waals surface area contributed by atoms with E-state index in [0.717, 1.165) is 0 Å². The van der Waals surface area contributed by atoms with Gasteiger partial charge in [0.2, 0.25) is 0 Å². The zero-order valence-electron chi connectivity index (χ0n) is 24.9. The number of carbonyl (C=O) groups excluding carboxylic acids is 1. The number of carboxylic acid groups (broad SMARTS) is 1. The monoisotopic (exact) mass is 585 g/mol. The Morgan fingerprint density at radius 3 is 2.24 bits per heavy atom. The molecule has 0 fully saturated rings. The van der Waals surface area contributed by atoms with E-state index in [1.165, 1.54) is 60.0 Å². The zero-order valence-corrected chi connectivity index (χ0v) is 25.9. The van der Waals surface area contributed by atoms with Crippen LogP contribution in [0.5, 0.6) is 0 Å². The molecule has 0 saturated heterocycles. The number of rotatable bonds is 12. The first-order valence-corrected chi connectivity index (χ1v) is 12.9. The second kappa shape index (κ2) is 15.0. The van der Waals surface area contributed by atoms with Crippen molar-refractivity contribution in [1.29, 1.82) is 0 Å². The van der Waals surface area contributed by atoms with Gasteiger partial charge in [0.15, 0.2) is 17.3 Å². The van der Waals surface area contributed by atoms with Crippen LogP contribution < -0.4 is 29.6 Å². The maximum atomic E-state index is 14.5. The number of nitrogens with zero attached hydrogens (tertiary/aromatic N) is 3. The molecule has 218 valence electrons. The summed E-state index contributed by atoms with van der Waals surface area (Å²) in [5.74, 6) is -4.41. The summed E-state index contributed by atoms with van der Waals surface area (Å²) in [6, 6.07) is 8.33. The molecule has 3 N–H and O–H groups in total. The summed E-state index contributed by atoms with van der Waals surface area (Å²) in [5.41, 5.74) is 1.83. The largest absolute Gasteiger partial charge is 1.00 e. The fourth-order valence-corrected chi connectivity index (χ4v) is 4.60. The van der Waals surface area contributed by atoms with E-state index in [9.17, 15) is 33.0 Å². The molecule has 1 aromatic heterocycles. The molecule has 8 nitrogen and oxygen atoms in total. The van der Waals surface area contributed by atoms with Gasteiger partial charge in [-0.3, -0.25) is 9.59 Å². The molecule has 1 amide bonds. The van der Waals surface area contributed by atoms with E-state index in [4.69, 9.17) is 5.11 Å². The van der Waals surface area contributed by atoms with Gasteiger partial charge < -0.3 is 21.6 Å². The normalized spacial score (nSPS) is 12.6. The first-order chi connectivity index (χ1) is 18.8. The fraction of sp³-hybridized carbons (Fsp3) is 0.414. The standard InChI is InChI=1S/C29H34F3N3O5.Na.H/c1-16(2)25-23(12-11-21(36)13-22(37)14-24(38)39)35(20-9-7-19(30)8-10-20)33-28(25)29(40)34(4)15-18-6-5-17(3)26(31)27(18)32;;/h5-10,16,21-22,36-37H,11-15H2,1-4H3,(H,38,39);;/q;+1;-1. The molecular weight excluding hydrogens is 550 g/mol. The average molecular weight is 586 g/mol. The average Bonchev–Trinajstić information content (AvgIpc) is 3.27. The number of aliphatic carboxylic acids is 1. The summed E-state index contributed by atoms with van der Waals surface area (Å²) in [6.45, 7) is 4.94. The summed E-state index contributed by atoms with van der Waals surface area (Å²) >= 11 is 0. The maximum Gasteiger partial charge on any atom is 1.00 e. The Morgan fingerprint density at radius 2 is 1.66 bits per heavy atom. The van der Waals surface area contributed by atoms with Crippen molar-refractivity contribution in [2.45, 2.75) is 71.1 Å². The van der Waals surface area contributed by atoms with Gasteiger partial charge in [-0.25, -0.2) is 17.9 Å². The molecule has 1 heterocycles. The van der Waals surface area contributed by atoms with Crippen LogP contribution in [0.15, 0.2) is 36.4 Å². The van der Waals surface area contributed by atoms with Gasteiger partial charge in [0.1, 0.15) is 5.82 Å². The van der Waals surface area contributed by atoms with Crippen LogP contribution in [-0.4, -0.2) is 61.1 Å². The number of aryl methyl sites for hydroxylation is 1. The van der Waals surface area contributed by atoms with Crippen molar-refractivity contribution >= 4 is 11.9 Å². The molecule has 41 heavy (non-hydrogen) atoms. The van der Waals surface area contributed by atoms with Gasteiger partial charge in [0.25, 0.3) is 5.91 Å². The Labute approximate surface area is 260 Å². The molecule has 12 heteroatoms. The summed E-state index contributed by atoms with van der Waals surface area (Å²) in [6.07, 6.45) is -2.59. The van der Waals surface area contributed by atoms with E-state index in [-0.39, 0.29) is 79.5 Å².